The maximum atomic E-state index is 12.9. The van der Waals surface area contributed by atoms with Gasteiger partial charge in [-0.1, -0.05) is 6.42 Å². The molecule has 0 spiro atoms. The van der Waals surface area contributed by atoms with E-state index in [1.54, 1.807) is 0 Å². The van der Waals surface area contributed by atoms with Gasteiger partial charge in [-0.05, 0) is 25.7 Å². The summed E-state index contributed by atoms with van der Waals surface area (Å²) in [5.74, 6) is -2.13. The van der Waals surface area contributed by atoms with Gasteiger partial charge in [-0.25, -0.2) is 0 Å². The van der Waals surface area contributed by atoms with Crippen LogP contribution in [0.1, 0.15) is 44.9 Å². The quantitative estimate of drug-likeness (QED) is 0.271. The van der Waals surface area contributed by atoms with Crippen molar-refractivity contribution in [1.82, 2.24) is 0 Å². The van der Waals surface area contributed by atoms with Gasteiger partial charge in [0.15, 0.2) is 23.0 Å². The van der Waals surface area contributed by atoms with E-state index in [1.165, 1.54) is 28.4 Å². The molecule has 0 amide bonds. The zero-order valence-electron chi connectivity index (χ0n) is 20.5. The molecule has 0 saturated carbocycles. The zero-order valence-corrected chi connectivity index (χ0v) is 20.5. The van der Waals surface area contributed by atoms with E-state index < -0.39 is 23.1 Å². The normalized spacial score (nSPS) is 17.1. The van der Waals surface area contributed by atoms with Gasteiger partial charge in [0.1, 0.15) is 0 Å². The first-order valence-corrected chi connectivity index (χ1v) is 11.3. The summed E-state index contributed by atoms with van der Waals surface area (Å²) >= 11 is 0. The molecule has 2 rings (SSSR count). The molecule has 0 aromatic heterocycles. The lowest BCUT2D eigenvalue weighted by molar-refractivity contribution is -0.121. The highest BCUT2D eigenvalue weighted by Crippen LogP contribution is 2.32. The van der Waals surface area contributed by atoms with E-state index in [9.17, 15) is 29.4 Å². The maximum Gasteiger partial charge on any atom is 0.227 e. The Hall–Kier alpha value is -3.24. The third kappa shape index (κ3) is 5.71. The molecule has 0 atom stereocenters. The first-order chi connectivity index (χ1) is 16.8. The Balaban J connectivity index is 2.09. The number of hydrogen-bond donors (Lipinski definition) is 2. The van der Waals surface area contributed by atoms with Crippen LogP contribution in [0.4, 0.5) is 0 Å². The molecule has 35 heavy (non-hydrogen) atoms. The fourth-order valence-corrected chi connectivity index (χ4v) is 4.28. The minimum atomic E-state index is -0.480. The Morgan fingerprint density at radius 3 is 0.943 bits per heavy atom. The summed E-state index contributed by atoms with van der Waals surface area (Å²) in [6, 6.07) is 0. The molecule has 0 aliphatic heterocycles. The van der Waals surface area contributed by atoms with Crippen molar-refractivity contribution in [3.05, 3.63) is 45.3 Å². The topological polar surface area (TPSA) is 146 Å². The van der Waals surface area contributed by atoms with Gasteiger partial charge in [-0.2, -0.15) is 0 Å². The van der Waals surface area contributed by atoms with Crippen molar-refractivity contribution < 1.29 is 48.3 Å². The molecule has 2 aliphatic carbocycles. The van der Waals surface area contributed by atoms with Crippen molar-refractivity contribution in [1.29, 1.82) is 0 Å². The van der Waals surface area contributed by atoms with E-state index in [-0.39, 0.29) is 84.2 Å². The minimum absolute atomic E-state index is 0.0183. The second-order valence-electron chi connectivity index (χ2n) is 7.87. The predicted octanol–water partition coefficient (Wildman–Crippen LogP) is 1.61. The van der Waals surface area contributed by atoms with Gasteiger partial charge in [-0.3, -0.25) is 19.2 Å². The number of unbranched alkanes of at least 4 members (excludes halogenated alkanes) is 2. The standard InChI is InChI=1S/C25H32O10/c1-32-22-14(18(28)24(34-3)16(10-12-26)20(22)30)8-6-5-7-9-15-19(29)25(35-4)17(11-13-27)21(31)23(15)33-2/h26-27H,5-13H2,1-4H3. The van der Waals surface area contributed by atoms with Gasteiger partial charge in [0.05, 0.1) is 39.6 Å². The average Bonchev–Trinajstić information content (AvgIpc) is 2.85. The van der Waals surface area contributed by atoms with E-state index in [4.69, 9.17) is 18.9 Å². The van der Waals surface area contributed by atoms with Gasteiger partial charge in [-0.15, -0.1) is 0 Å². The monoisotopic (exact) mass is 492 g/mol. The summed E-state index contributed by atoms with van der Waals surface area (Å²) < 4.78 is 20.7. The Bertz CT molecular complexity index is 929. The number of allylic oxidation sites excluding steroid dienone is 4. The van der Waals surface area contributed by atoms with Crippen LogP contribution in [-0.4, -0.2) is 75.0 Å². The van der Waals surface area contributed by atoms with Gasteiger partial charge in [0.2, 0.25) is 23.1 Å². The molecule has 192 valence electrons. The lowest BCUT2D eigenvalue weighted by Gasteiger charge is -2.22. The van der Waals surface area contributed by atoms with E-state index >= 15 is 0 Å². The van der Waals surface area contributed by atoms with Gasteiger partial charge in [0, 0.05) is 37.2 Å². The number of aliphatic hydroxyl groups excluding tert-OH is 2. The number of rotatable bonds is 14. The summed E-state index contributed by atoms with van der Waals surface area (Å²) in [5, 5.41) is 18.4. The molecular formula is C25H32O10. The van der Waals surface area contributed by atoms with Gasteiger partial charge in [0.25, 0.3) is 0 Å². The Labute approximate surface area is 203 Å². The second-order valence-corrected chi connectivity index (χ2v) is 7.87. The molecule has 2 N–H and O–H groups in total. The molecule has 0 bridgehead atoms. The Morgan fingerprint density at radius 2 is 0.714 bits per heavy atom. The van der Waals surface area contributed by atoms with Crippen LogP contribution in [0.2, 0.25) is 0 Å². The third-order valence-corrected chi connectivity index (χ3v) is 5.91. The average molecular weight is 493 g/mol. The van der Waals surface area contributed by atoms with Crippen LogP contribution < -0.4 is 0 Å². The molecule has 10 heteroatoms. The lowest BCUT2D eigenvalue weighted by atomic mass is 9.87. The van der Waals surface area contributed by atoms with Crippen molar-refractivity contribution in [2.75, 3.05) is 41.7 Å². The fourth-order valence-electron chi connectivity index (χ4n) is 4.28. The smallest absolute Gasteiger partial charge is 0.227 e. The third-order valence-electron chi connectivity index (χ3n) is 5.91. The molecule has 0 fully saturated rings. The second kappa shape index (κ2) is 13.0. The molecular weight excluding hydrogens is 460 g/mol. The predicted molar refractivity (Wildman–Crippen MR) is 123 cm³/mol. The van der Waals surface area contributed by atoms with E-state index in [1.807, 2.05) is 0 Å². The highest BCUT2D eigenvalue weighted by atomic mass is 16.5. The number of methoxy groups -OCH3 is 4. The SMILES string of the molecule is COC1=C(CCO)C(=O)C(OC)=C(CCCCCC2=C(OC)C(=O)C(CCO)=C(OC)C2=O)C1=O. The van der Waals surface area contributed by atoms with Crippen LogP contribution in [0.3, 0.4) is 0 Å². The summed E-state index contributed by atoms with van der Waals surface area (Å²) in [5.41, 5.74) is 0.579. The molecule has 0 aromatic carbocycles. The van der Waals surface area contributed by atoms with Crippen molar-refractivity contribution in [3.63, 3.8) is 0 Å². The van der Waals surface area contributed by atoms with Crippen LogP contribution in [-0.2, 0) is 38.1 Å². The van der Waals surface area contributed by atoms with Gasteiger partial charge >= 0.3 is 0 Å². The van der Waals surface area contributed by atoms with Crippen LogP contribution in [0.15, 0.2) is 45.3 Å². The summed E-state index contributed by atoms with van der Waals surface area (Å²) in [7, 11) is 5.22. The van der Waals surface area contributed by atoms with Crippen molar-refractivity contribution in [2.45, 2.75) is 44.9 Å². The molecule has 2 aliphatic rings. The molecule has 10 nitrogen and oxygen atoms in total. The summed E-state index contributed by atoms with van der Waals surface area (Å²) in [6.45, 7) is -0.620. The number of carbonyl (C=O) groups is 4. The largest absolute Gasteiger partial charge is 0.492 e. The maximum absolute atomic E-state index is 12.9. The first-order valence-electron chi connectivity index (χ1n) is 11.3. The molecule has 0 unspecified atom stereocenters. The van der Waals surface area contributed by atoms with E-state index in [0.717, 1.165) is 0 Å². The molecule has 0 radical (unpaired) electrons. The highest BCUT2D eigenvalue weighted by Gasteiger charge is 2.37. The molecule has 0 aromatic rings. The zero-order chi connectivity index (χ0) is 26.1. The fraction of sp³-hybridized carbons (Fsp3) is 0.520. The molecule has 0 heterocycles. The van der Waals surface area contributed by atoms with Crippen molar-refractivity contribution >= 4 is 23.1 Å². The lowest BCUT2D eigenvalue weighted by Crippen LogP contribution is -2.27. The summed E-state index contributed by atoms with van der Waals surface area (Å²) in [6.07, 6.45) is 2.06. The number of carbonyl (C=O) groups excluding carboxylic acids is 4. The van der Waals surface area contributed by atoms with Crippen LogP contribution in [0, 0.1) is 0 Å². The number of ether oxygens (including phenoxy) is 4. The van der Waals surface area contributed by atoms with Crippen LogP contribution in [0.25, 0.3) is 0 Å². The number of aliphatic hydroxyl groups is 2. The van der Waals surface area contributed by atoms with E-state index in [0.29, 0.717) is 19.3 Å². The molecule has 0 saturated heterocycles. The minimum Gasteiger partial charge on any atom is -0.492 e. The van der Waals surface area contributed by atoms with Crippen molar-refractivity contribution in [2.24, 2.45) is 0 Å². The summed E-state index contributed by atoms with van der Waals surface area (Å²) in [4.78, 5) is 51.2. The highest BCUT2D eigenvalue weighted by molar-refractivity contribution is 6.24. The van der Waals surface area contributed by atoms with Crippen molar-refractivity contribution in [3.8, 4) is 0 Å². The van der Waals surface area contributed by atoms with Crippen LogP contribution >= 0.6 is 0 Å². The number of Topliss-reactive ketones (excluding diaryl/α,β-unsaturated/α-hetero) is 4. The number of ketones is 4. The Kier molecular flexibility index (Phi) is 10.4. The van der Waals surface area contributed by atoms with Gasteiger partial charge < -0.3 is 29.2 Å². The van der Waals surface area contributed by atoms with Crippen LogP contribution in [0.5, 0.6) is 0 Å². The number of hydrogen-bond acceptors (Lipinski definition) is 10. The Morgan fingerprint density at radius 1 is 0.457 bits per heavy atom. The first kappa shape index (κ1) is 28.0. The van der Waals surface area contributed by atoms with E-state index in [2.05, 4.69) is 0 Å².